The Balaban J connectivity index is 1.87. The van der Waals surface area contributed by atoms with Gasteiger partial charge in [0.25, 0.3) is 0 Å². The number of benzene rings is 1. The largest absolute Gasteiger partial charge is 0.324 e. The SMILES string of the molecule is C=NC(=CN(C)C(=O)N(C)C1CCCCC1)c1ccc(N=CC)c(-c2nn[nH]n2)c1. The molecule has 1 aliphatic carbocycles. The first-order valence-corrected chi connectivity index (χ1v) is 10.1. The lowest BCUT2D eigenvalue weighted by molar-refractivity contribution is 0.154. The zero-order chi connectivity index (χ0) is 21.5. The third-order valence-corrected chi connectivity index (χ3v) is 5.36. The molecule has 9 heteroatoms. The summed E-state index contributed by atoms with van der Waals surface area (Å²) in [5.41, 5.74) is 2.77. The van der Waals surface area contributed by atoms with Crippen LogP contribution in [0.1, 0.15) is 44.6 Å². The van der Waals surface area contributed by atoms with Crippen molar-refractivity contribution in [2.75, 3.05) is 14.1 Å². The van der Waals surface area contributed by atoms with Crippen molar-refractivity contribution in [1.82, 2.24) is 30.4 Å². The van der Waals surface area contributed by atoms with E-state index in [4.69, 9.17) is 0 Å². The number of nitrogens with zero attached hydrogens (tertiary/aromatic N) is 7. The lowest BCUT2D eigenvalue weighted by Crippen LogP contribution is -2.43. The molecule has 0 aliphatic heterocycles. The second-order valence-electron chi connectivity index (χ2n) is 7.32. The van der Waals surface area contributed by atoms with Crippen LogP contribution in [-0.4, -0.2) is 69.5 Å². The highest BCUT2D eigenvalue weighted by atomic mass is 16.2. The van der Waals surface area contributed by atoms with Crippen molar-refractivity contribution in [1.29, 1.82) is 0 Å². The third kappa shape index (κ3) is 4.79. The molecule has 1 aromatic carbocycles. The summed E-state index contributed by atoms with van der Waals surface area (Å²) in [6.45, 7) is 5.53. The molecule has 1 saturated carbocycles. The molecule has 1 N–H and O–H groups in total. The summed E-state index contributed by atoms with van der Waals surface area (Å²) in [6, 6.07) is 5.84. The lowest BCUT2D eigenvalue weighted by atomic mass is 9.95. The number of rotatable bonds is 6. The topological polar surface area (TPSA) is 103 Å². The molecule has 1 heterocycles. The molecule has 158 valence electrons. The van der Waals surface area contributed by atoms with Crippen LogP contribution in [0.5, 0.6) is 0 Å². The number of H-pyrrole nitrogens is 1. The van der Waals surface area contributed by atoms with Crippen LogP contribution in [0.4, 0.5) is 10.5 Å². The van der Waals surface area contributed by atoms with Crippen molar-refractivity contribution >= 4 is 30.3 Å². The first-order chi connectivity index (χ1) is 14.5. The van der Waals surface area contributed by atoms with E-state index in [0.717, 1.165) is 18.4 Å². The predicted molar refractivity (Wildman–Crippen MR) is 119 cm³/mol. The highest BCUT2D eigenvalue weighted by Gasteiger charge is 2.24. The molecule has 0 atom stereocenters. The number of hydrogen-bond donors (Lipinski definition) is 1. The molecule has 0 unspecified atom stereocenters. The van der Waals surface area contributed by atoms with E-state index < -0.39 is 0 Å². The van der Waals surface area contributed by atoms with E-state index in [1.54, 1.807) is 24.4 Å². The van der Waals surface area contributed by atoms with Crippen molar-refractivity contribution in [2.24, 2.45) is 9.98 Å². The Labute approximate surface area is 176 Å². The minimum absolute atomic E-state index is 0.0614. The first-order valence-electron chi connectivity index (χ1n) is 10.1. The predicted octanol–water partition coefficient (Wildman–Crippen LogP) is 3.90. The molecule has 1 aliphatic rings. The van der Waals surface area contributed by atoms with Gasteiger partial charge in [-0.3, -0.25) is 9.98 Å². The molecular formula is C21H28N8O. The van der Waals surface area contributed by atoms with Crippen LogP contribution in [0.25, 0.3) is 17.1 Å². The van der Waals surface area contributed by atoms with Gasteiger partial charge in [0, 0.05) is 43.7 Å². The number of aromatic amines is 1. The van der Waals surface area contributed by atoms with E-state index in [0.29, 0.717) is 28.8 Å². The minimum Gasteiger partial charge on any atom is -0.324 e. The number of nitrogens with one attached hydrogen (secondary N) is 1. The number of urea groups is 1. The van der Waals surface area contributed by atoms with Gasteiger partial charge < -0.3 is 9.80 Å². The van der Waals surface area contributed by atoms with Crippen molar-refractivity contribution in [2.45, 2.75) is 45.1 Å². The van der Waals surface area contributed by atoms with Crippen molar-refractivity contribution in [3.63, 3.8) is 0 Å². The fraction of sp³-hybridized carbons (Fsp3) is 0.429. The van der Waals surface area contributed by atoms with Crippen LogP contribution in [0, 0.1) is 0 Å². The molecular weight excluding hydrogens is 380 g/mol. The van der Waals surface area contributed by atoms with Gasteiger partial charge in [-0.1, -0.05) is 25.3 Å². The van der Waals surface area contributed by atoms with Crippen LogP contribution in [0.3, 0.4) is 0 Å². The summed E-state index contributed by atoms with van der Waals surface area (Å²) in [7, 11) is 3.61. The molecule has 1 fully saturated rings. The van der Waals surface area contributed by atoms with E-state index in [2.05, 4.69) is 37.3 Å². The van der Waals surface area contributed by atoms with E-state index in [-0.39, 0.29) is 6.03 Å². The van der Waals surface area contributed by atoms with Gasteiger partial charge in [-0.15, -0.1) is 10.2 Å². The molecule has 1 aromatic heterocycles. The summed E-state index contributed by atoms with van der Waals surface area (Å²) in [5.74, 6) is 0.433. The van der Waals surface area contributed by atoms with E-state index >= 15 is 0 Å². The second-order valence-corrected chi connectivity index (χ2v) is 7.32. The smallest absolute Gasteiger partial charge is 0.323 e. The van der Waals surface area contributed by atoms with Crippen molar-refractivity contribution < 1.29 is 4.79 Å². The van der Waals surface area contributed by atoms with Crippen LogP contribution < -0.4 is 0 Å². The Kier molecular flexibility index (Phi) is 7.05. The van der Waals surface area contributed by atoms with Crippen LogP contribution in [0.15, 0.2) is 34.4 Å². The van der Waals surface area contributed by atoms with E-state index in [9.17, 15) is 4.79 Å². The molecule has 2 amide bonds. The average Bonchev–Trinajstić information content (AvgIpc) is 3.32. The number of carbonyl (C=O) groups is 1. The summed E-state index contributed by atoms with van der Waals surface area (Å²) >= 11 is 0. The Morgan fingerprint density at radius 3 is 2.67 bits per heavy atom. The number of amides is 2. The maximum Gasteiger partial charge on any atom is 0.323 e. The number of tetrazole rings is 1. The zero-order valence-corrected chi connectivity index (χ0v) is 17.7. The van der Waals surface area contributed by atoms with Gasteiger partial charge in [-0.25, -0.2) is 4.79 Å². The highest BCUT2D eigenvalue weighted by molar-refractivity contribution is 5.82. The minimum atomic E-state index is -0.0614. The van der Waals surface area contributed by atoms with Crippen LogP contribution in [0.2, 0.25) is 0 Å². The Bertz CT molecular complexity index is 928. The molecule has 0 bridgehead atoms. The van der Waals surface area contributed by atoms with Gasteiger partial charge in [0.2, 0.25) is 5.82 Å². The molecule has 30 heavy (non-hydrogen) atoms. The molecule has 3 rings (SSSR count). The normalized spacial score (nSPS) is 15.4. The van der Waals surface area contributed by atoms with Crippen molar-refractivity contribution in [3.8, 4) is 11.4 Å². The summed E-state index contributed by atoms with van der Waals surface area (Å²) in [4.78, 5) is 24.8. The number of carbonyl (C=O) groups excluding carboxylic acids is 1. The second kappa shape index (κ2) is 9.91. The van der Waals surface area contributed by atoms with Crippen molar-refractivity contribution in [3.05, 3.63) is 30.0 Å². The summed E-state index contributed by atoms with van der Waals surface area (Å²) < 4.78 is 0. The number of aliphatic imine (C=N–C) groups is 2. The average molecular weight is 409 g/mol. The van der Waals surface area contributed by atoms with Crippen LogP contribution in [-0.2, 0) is 0 Å². The Morgan fingerprint density at radius 1 is 1.27 bits per heavy atom. The van der Waals surface area contributed by atoms with E-state index in [1.165, 1.54) is 19.3 Å². The molecule has 0 radical (unpaired) electrons. The van der Waals surface area contributed by atoms with Gasteiger partial charge in [-0.05, 0) is 43.8 Å². The Hall–Kier alpha value is -3.36. The van der Waals surface area contributed by atoms with Crippen LogP contribution >= 0.6 is 0 Å². The molecule has 0 spiro atoms. The molecule has 0 saturated heterocycles. The van der Waals surface area contributed by atoms with Gasteiger partial charge >= 0.3 is 6.03 Å². The maximum atomic E-state index is 12.9. The lowest BCUT2D eigenvalue weighted by Gasteiger charge is -2.33. The van der Waals surface area contributed by atoms with Gasteiger partial charge in [0.15, 0.2) is 0 Å². The highest BCUT2D eigenvalue weighted by Crippen LogP contribution is 2.31. The van der Waals surface area contributed by atoms with Gasteiger partial charge in [0.05, 0.1) is 11.4 Å². The number of hydrogen-bond acceptors (Lipinski definition) is 6. The Morgan fingerprint density at radius 2 is 2.03 bits per heavy atom. The fourth-order valence-electron chi connectivity index (χ4n) is 3.72. The monoisotopic (exact) mass is 408 g/mol. The molecule has 2 aromatic rings. The first kappa shape index (κ1) is 21.4. The summed E-state index contributed by atoms with van der Waals surface area (Å²) in [6.07, 6.45) is 9.11. The molecule has 9 nitrogen and oxygen atoms in total. The summed E-state index contributed by atoms with van der Waals surface area (Å²) in [5, 5.41) is 14.2. The quantitative estimate of drug-likeness (QED) is 0.732. The maximum absolute atomic E-state index is 12.9. The van der Waals surface area contributed by atoms with E-state index in [1.807, 2.05) is 37.1 Å². The van der Waals surface area contributed by atoms with Gasteiger partial charge in [0.1, 0.15) is 0 Å². The number of aromatic nitrogens is 4. The fourth-order valence-corrected chi connectivity index (χ4v) is 3.72. The standard InChI is InChI=1S/C21H28N8O/c1-5-23-18-12-11-15(13-17(18)20-24-26-27-25-20)19(22-2)14-28(3)21(30)29(4)16-9-7-6-8-10-16/h5,11-14,16H,2,6-10H2,1,3-4H3,(H,24,25,26,27). The zero-order valence-electron chi connectivity index (χ0n) is 17.7. The third-order valence-electron chi connectivity index (χ3n) is 5.36. The van der Waals surface area contributed by atoms with Gasteiger partial charge in [-0.2, -0.15) is 5.21 Å².